The Kier molecular flexibility index (Phi) is 2.38. The molecule has 2 N–H and O–H groups in total. The third-order valence-corrected chi connectivity index (χ3v) is 2.04. The molecule has 15 heavy (non-hydrogen) atoms. The Morgan fingerprint density at radius 2 is 2.40 bits per heavy atom. The van der Waals surface area contributed by atoms with E-state index in [4.69, 9.17) is 15.5 Å². The maximum Gasteiger partial charge on any atom is 0.174 e. The maximum absolute atomic E-state index is 8.38. The third-order valence-electron chi connectivity index (χ3n) is 2.04. The topological polar surface area (TPSA) is 75.8 Å². The summed E-state index contributed by atoms with van der Waals surface area (Å²) in [4.78, 5) is 0. The SMILES string of the molecule is N#CCC=Cc1ccc2onc(N)c2c1. The molecule has 4 heteroatoms. The molecule has 0 saturated heterocycles. The Morgan fingerprint density at radius 3 is 3.20 bits per heavy atom. The summed E-state index contributed by atoms with van der Waals surface area (Å²) in [5.41, 5.74) is 7.27. The molecule has 2 aromatic rings. The summed E-state index contributed by atoms with van der Waals surface area (Å²) in [6, 6.07) is 7.62. The number of nitriles is 1. The van der Waals surface area contributed by atoms with E-state index in [2.05, 4.69) is 5.16 Å². The molecule has 0 fully saturated rings. The van der Waals surface area contributed by atoms with E-state index in [1.807, 2.05) is 30.3 Å². The zero-order chi connectivity index (χ0) is 10.7. The molecule has 1 aromatic carbocycles. The first kappa shape index (κ1) is 9.28. The van der Waals surface area contributed by atoms with Crippen molar-refractivity contribution in [2.45, 2.75) is 6.42 Å². The molecule has 0 atom stereocenters. The van der Waals surface area contributed by atoms with Crippen LogP contribution in [0.15, 0.2) is 28.8 Å². The fourth-order valence-corrected chi connectivity index (χ4v) is 1.33. The molecule has 1 heterocycles. The fraction of sp³-hybridized carbons (Fsp3) is 0.0909. The van der Waals surface area contributed by atoms with Gasteiger partial charge < -0.3 is 10.3 Å². The molecule has 0 saturated carbocycles. The van der Waals surface area contributed by atoms with E-state index in [1.54, 1.807) is 6.08 Å². The molecule has 0 aliphatic rings. The number of nitrogens with two attached hydrogens (primary N) is 1. The van der Waals surface area contributed by atoms with Crippen LogP contribution in [0, 0.1) is 11.3 Å². The van der Waals surface area contributed by atoms with Gasteiger partial charge in [0.15, 0.2) is 11.4 Å². The van der Waals surface area contributed by atoms with Crippen molar-refractivity contribution in [3.63, 3.8) is 0 Å². The predicted molar refractivity (Wildman–Crippen MR) is 57.7 cm³/mol. The van der Waals surface area contributed by atoms with E-state index in [0.29, 0.717) is 17.8 Å². The lowest BCUT2D eigenvalue weighted by molar-refractivity contribution is 0.460. The molecule has 2 rings (SSSR count). The van der Waals surface area contributed by atoms with Gasteiger partial charge in [0.25, 0.3) is 0 Å². The van der Waals surface area contributed by atoms with Crippen LogP contribution in [0.2, 0.25) is 0 Å². The Morgan fingerprint density at radius 1 is 1.53 bits per heavy atom. The van der Waals surface area contributed by atoms with Crippen molar-refractivity contribution in [2.24, 2.45) is 0 Å². The number of fused-ring (bicyclic) bond motifs is 1. The van der Waals surface area contributed by atoms with Crippen molar-refractivity contribution in [3.8, 4) is 6.07 Å². The van der Waals surface area contributed by atoms with Crippen LogP contribution in [0.1, 0.15) is 12.0 Å². The van der Waals surface area contributed by atoms with Crippen LogP contribution in [0.25, 0.3) is 17.0 Å². The summed E-state index contributed by atoms with van der Waals surface area (Å²) in [7, 11) is 0. The third kappa shape index (κ3) is 1.81. The molecule has 0 spiro atoms. The highest BCUT2D eigenvalue weighted by Gasteiger charge is 2.03. The van der Waals surface area contributed by atoms with Gasteiger partial charge in [-0.15, -0.1) is 0 Å². The van der Waals surface area contributed by atoms with Crippen LogP contribution < -0.4 is 5.73 Å². The first-order chi connectivity index (χ1) is 7.31. The normalized spacial score (nSPS) is 10.9. The van der Waals surface area contributed by atoms with E-state index >= 15 is 0 Å². The highest BCUT2D eigenvalue weighted by atomic mass is 16.5. The highest BCUT2D eigenvalue weighted by molar-refractivity contribution is 5.88. The molecular formula is C11H9N3O. The zero-order valence-electron chi connectivity index (χ0n) is 7.97. The number of allylic oxidation sites excluding steroid dienone is 1. The average Bonchev–Trinajstić information content (AvgIpc) is 2.61. The van der Waals surface area contributed by atoms with E-state index < -0.39 is 0 Å². The summed E-state index contributed by atoms with van der Waals surface area (Å²) in [6.45, 7) is 0. The van der Waals surface area contributed by atoms with Gasteiger partial charge in [-0.3, -0.25) is 0 Å². The van der Waals surface area contributed by atoms with Crippen molar-refractivity contribution in [1.82, 2.24) is 5.16 Å². The summed E-state index contributed by atoms with van der Waals surface area (Å²) in [5, 5.41) is 12.8. The molecular weight excluding hydrogens is 190 g/mol. The van der Waals surface area contributed by atoms with E-state index in [0.717, 1.165) is 10.9 Å². The number of benzene rings is 1. The number of hydrogen-bond donors (Lipinski definition) is 1. The second-order valence-corrected chi connectivity index (χ2v) is 3.09. The van der Waals surface area contributed by atoms with Crippen molar-refractivity contribution in [3.05, 3.63) is 29.8 Å². The fourth-order valence-electron chi connectivity index (χ4n) is 1.33. The monoisotopic (exact) mass is 199 g/mol. The van der Waals surface area contributed by atoms with E-state index in [1.165, 1.54) is 0 Å². The molecule has 0 amide bonds. The lowest BCUT2D eigenvalue weighted by Crippen LogP contribution is -1.83. The number of anilines is 1. The quantitative estimate of drug-likeness (QED) is 0.805. The van der Waals surface area contributed by atoms with Gasteiger partial charge in [-0.25, -0.2) is 0 Å². The Hall–Kier alpha value is -2.28. The molecule has 0 aliphatic carbocycles. The predicted octanol–water partition coefficient (Wildman–Crippen LogP) is 2.34. The molecule has 0 unspecified atom stereocenters. The first-order valence-electron chi connectivity index (χ1n) is 4.49. The van der Waals surface area contributed by atoms with Crippen LogP contribution in [0.3, 0.4) is 0 Å². The van der Waals surface area contributed by atoms with E-state index in [9.17, 15) is 0 Å². The maximum atomic E-state index is 8.38. The highest BCUT2D eigenvalue weighted by Crippen LogP contribution is 2.21. The molecule has 0 radical (unpaired) electrons. The smallest absolute Gasteiger partial charge is 0.174 e. The lowest BCUT2D eigenvalue weighted by atomic mass is 10.1. The second kappa shape index (κ2) is 3.84. The number of nitrogen functional groups attached to an aromatic ring is 1. The van der Waals surface area contributed by atoms with E-state index in [-0.39, 0.29) is 0 Å². The van der Waals surface area contributed by atoms with Gasteiger partial charge in [0.05, 0.1) is 17.9 Å². The number of rotatable bonds is 2. The second-order valence-electron chi connectivity index (χ2n) is 3.09. The van der Waals surface area contributed by atoms with Gasteiger partial charge in [-0.05, 0) is 17.7 Å². The van der Waals surface area contributed by atoms with Gasteiger partial charge >= 0.3 is 0 Å². The summed E-state index contributed by atoms with van der Waals surface area (Å²) < 4.78 is 4.98. The minimum atomic E-state index is 0.389. The number of hydrogen-bond acceptors (Lipinski definition) is 4. The summed E-state index contributed by atoms with van der Waals surface area (Å²) >= 11 is 0. The first-order valence-corrected chi connectivity index (χ1v) is 4.49. The number of aromatic nitrogens is 1. The Labute approximate surface area is 86.6 Å². The van der Waals surface area contributed by atoms with Crippen LogP contribution in [0.4, 0.5) is 5.82 Å². The largest absolute Gasteiger partial charge is 0.380 e. The van der Waals surface area contributed by atoms with Crippen molar-refractivity contribution in [2.75, 3.05) is 5.73 Å². The van der Waals surface area contributed by atoms with Gasteiger partial charge in [0.1, 0.15) is 0 Å². The zero-order valence-corrected chi connectivity index (χ0v) is 7.97. The molecule has 0 aliphatic heterocycles. The lowest BCUT2D eigenvalue weighted by Gasteiger charge is -1.92. The number of nitrogens with zero attached hydrogens (tertiary/aromatic N) is 2. The van der Waals surface area contributed by atoms with Crippen LogP contribution >= 0.6 is 0 Å². The minimum absolute atomic E-state index is 0.389. The standard InChI is InChI=1S/C11H9N3O/c12-6-2-1-3-8-4-5-10-9(7-8)11(13)14-15-10/h1,3-5,7H,2H2,(H2,13,14). The van der Waals surface area contributed by atoms with Crippen molar-refractivity contribution in [1.29, 1.82) is 5.26 Å². The van der Waals surface area contributed by atoms with Gasteiger partial charge in [-0.2, -0.15) is 5.26 Å². The van der Waals surface area contributed by atoms with Crippen LogP contribution in [-0.4, -0.2) is 5.16 Å². The van der Waals surface area contributed by atoms with Gasteiger partial charge in [0, 0.05) is 0 Å². The van der Waals surface area contributed by atoms with Crippen LogP contribution in [0.5, 0.6) is 0 Å². The molecule has 0 bridgehead atoms. The molecule has 4 nitrogen and oxygen atoms in total. The van der Waals surface area contributed by atoms with Crippen molar-refractivity contribution >= 4 is 22.9 Å². The average molecular weight is 199 g/mol. The summed E-state index contributed by atoms with van der Waals surface area (Å²) in [6.07, 6.45) is 4.07. The Bertz CT molecular complexity index is 548. The van der Waals surface area contributed by atoms with Crippen LogP contribution in [-0.2, 0) is 0 Å². The minimum Gasteiger partial charge on any atom is -0.380 e. The van der Waals surface area contributed by atoms with Crippen molar-refractivity contribution < 1.29 is 4.52 Å². The molecule has 74 valence electrons. The summed E-state index contributed by atoms with van der Waals surface area (Å²) in [5.74, 6) is 0.389. The molecule has 1 aromatic heterocycles. The van der Waals surface area contributed by atoms with Gasteiger partial charge in [0.2, 0.25) is 0 Å². The Balaban J connectivity index is 2.38. The van der Waals surface area contributed by atoms with Gasteiger partial charge in [-0.1, -0.05) is 23.4 Å².